The molecule has 1 saturated carbocycles. The van der Waals surface area contributed by atoms with Crippen LogP contribution >= 0.6 is 0 Å². The molecule has 0 unspecified atom stereocenters. The van der Waals surface area contributed by atoms with E-state index in [4.69, 9.17) is 5.11 Å². The van der Waals surface area contributed by atoms with E-state index in [2.05, 4.69) is 27.2 Å². The summed E-state index contributed by atoms with van der Waals surface area (Å²) >= 11 is 0. The molecule has 0 radical (unpaired) electrons. The summed E-state index contributed by atoms with van der Waals surface area (Å²) in [7, 11) is 0. The molecule has 2 aliphatic rings. The van der Waals surface area contributed by atoms with Crippen LogP contribution in [0.25, 0.3) is 0 Å². The van der Waals surface area contributed by atoms with Gasteiger partial charge in [0, 0.05) is 39.3 Å². The highest BCUT2D eigenvalue weighted by Crippen LogP contribution is 2.43. The third-order valence-corrected chi connectivity index (χ3v) is 5.79. The van der Waals surface area contributed by atoms with Gasteiger partial charge in [0.15, 0.2) is 0 Å². The van der Waals surface area contributed by atoms with E-state index in [1.165, 1.54) is 5.56 Å². The number of rotatable bonds is 8. The summed E-state index contributed by atoms with van der Waals surface area (Å²) < 4.78 is 0. The first-order valence-electron chi connectivity index (χ1n) is 9.64. The summed E-state index contributed by atoms with van der Waals surface area (Å²) in [6.45, 7) is 6.99. The number of carbonyl (C=O) groups excluding carboxylic acids is 1. The molecule has 0 spiro atoms. The van der Waals surface area contributed by atoms with Crippen molar-refractivity contribution in [2.75, 3.05) is 52.4 Å². The van der Waals surface area contributed by atoms with Crippen LogP contribution in [0.15, 0.2) is 30.3 Å². The fourth-order valence-corrected chi connectivity index (χ4v) is 3.99. The molecule has 1 aromatic carbocycles. The Labute approximate surface area is 151 Å². The zero-order valence-electron chi connectivity index (χ0n) is 15.1. The van der Waals surface area contributed by atoms with Gasteiger partial charge in [-0.1, -0.05) is 36.8 Å². The van der Waals surface area contributed by atoms with Crippen molar-refractivity contribution in [2.24, 2.45) is 0 Å². The molecule has 2 fully saturated rings. The first-order chi connectivity index (χ1) is 12.2. The molecule has 1 saturated heterocycles. The number of nitrogens with one attached hydrogen (secondary N) is 1. The van der Waals surface area contributed by atoms with E-state index in [9.17, 15) is 4.79 Å². The van der Waals surface area contributed by atoms with Gasteiger partial charge in [0.2, 0.25) is 5.91 Å². The largest absolute Gasteiger partial charge is 0.395 e. The molecule has 138 valence electrons. The van der Waals surface area contributed by atoms with Gasteiger partial charge in [0.1, 0.15) is 0 Å². The average Bonchev–Trinajstić information content (AvgIpc) is 2.60. The van der Waals surface area contributed by atoms with Crippen LogP contribution in [-0.2, 0) is 10.2 Å². The van der Waals surface area contributed by atoms with Crippen LogP contribution in [-0.4, -0.2) is 73.2 Å². The maximum absolute atomic E-state index is 12.8. The van der Waals surface area contributed by atoms with Crippen molar-refractivity contribution in [1.82, 2.24) is 15.1 Å². The zero-order chi connectivity index (χ0) is 17.5. The molecule has 25 heavy (non-hydrogen) atoms. The number of aliphatic hydroxyl groups excluding tert-OH is 1. The quantitative estimate of drug-likeness (QED) is 0.696. The highest BCUT2D eigenvalue weighted by Gasteiger charge is 2.45. The number of β-amino-alcohol motifs (C(OH)–C–C–N with tert-alkyl or cyclic N) is 1. The molecule has 1 aromatic rings. The van der Waals surface area contributed by atoms with Crippen LogP contribution in [0.4, 0.5) is 0 Å². The third-order valence-electron chi connectivity index (χ3n) is 5.79. The summed E-state index contributed by atoms with van der Waals surface area (Å²) in [5, 5.41) is 12.2. The molecule has 2 N–H and O–H groups in total. The predicted octanol–water partition coefficient (Wildman–Crippen LogP) is 1.22. The van der Waals surface area contributed by atoms with Crippen LogP contribution in [0.1, 0.15) is 31.2 Å². The van der Waals surface area contributed by atoms with Crippen molar-refractivity contribution in [1.29, 1.82) is 0 Å². The van der Waals surface area contributed by atoms with Gasteiger partial charge in [0.25, 0.3) is 0 Å². The van der Waals surface area contributed by atoms with Gasteiger partial charge in [-0.05, 0) is 31.4 Å². The van der Waals surface area contributed by atoms with Crippen LogP contribution in [0.5, 0.6) is 0 Å². The predicted molar refractivity (Wildman–Crippen MR) is 99.6 cm³/mol. The molecule has 3 rings (SSSR count). The second-order valence-electron chi connectivity index (χ2n) is 7.32. The molecule has 1 amide bonds. The highest BCUT2D eigenvalue weighted by atomic mass is 16.3. The fraction of sp³-hybridized carbons (Fsp3) is 0.650. The average molecular weight is 345 g/mol. The number of benzene rings is 1. The zero-order valence-corrected chi connectivity index (χ0v) is 15.1. The van der Waals surface area contributed by atoms with Gasteiger partial charge >= 0.3 is 0 Å². The van der Waals surface area contributed by atoms with Gasteiger partial charge < -0.3 is 15.3 Å². The Morgan fingerprint density at radius 1 is 1.04 bits per heavy atom. The SMILES string of the molecule is O=C(NCCCN1CCN(CCO)CC1)C1(c2ccccc2)CCC1. The Balaban J connectivity index is 1.38. The number of piperazine rings is 1. The number of aliphatic hydroxyl groups is 1. The van der Waals surface area contributed by atoms with E-state index in [1.807, 2.05) is 18.2 Å². The molecule has 0 atom stereocenters. The lowest BCUT2D eigenvalue weighted by atomic mass is 9.64. The summed E-state index contributed by atoms with van der Waals surface area (Å²) in [5.74, 6) is 0.206. The van der Waals surface area contributed by atoms with Crippen molar-refractivity contribution in [3.63, 3.8) is 0 Å². The normalized spacial score (nSPS) is 20.8. The van der Waals surface area contributed by atoms with Crippen molar-refractivity contribution >= 4 is 5.91 Å². The molecule has 0 bridgehead atoms. The Morgan fingerprint density at radius 2 is 1.68 bits per heavy atom. The Kier molecular flexibility index (Phi) is 6.45. The summed E-state index contributed by atoms with van der Waals surface area (Å²) in [4.78, 5) is 17.5. The second kappa shape index (κ2) is 8.79. The first kappa shape index (κ1) is 18.4. The fourth-order valence-electron chi connectivity index (χ4n) is 3.99. The first-order valence-corrected chi connectivity index (χ1v) is 9.64. The van der Waals surface area contributed by atoms with Crippen LogP contribution in [0.3, 0.4) is 0 Å². The maximum Gasteiger partial charge on any atom is 0.230 e. The minimum absolute atomic E-state index is 0.206. The number of amides is 1. The molecule has 5 nitrogen and oxygen atoms in total. The molecule has 1 aliphatic heterocycles. The molecular weight excluding hydrogens is 314 g/mol. The monoisotopic (exact) mass is 345 g/mol. The molecular formula is C20H31N3O2. The van der Waals surface area contributed by atoms with Gasteiger partial charge in [-0.2, -0.15) is 0 Å². The third kappa shape index (κ3) is 4.40. The van der Waals surface area contributed by atoms with E-state index in [-0.39, 0.29) is 17.9 Å². The van der Waals surface area contributed by atoms with E-state index < -0.39 is 0 Å². The van der Waals surface area contributed by atoms with Crippen LogP contribution in [0, 0.1) is 0 Å². The molecule has 1 aliphatic carbocycles. The number of carbonyl (C=O) groups is 1. The standard InChI is InChI=1S/C20H31N3O2/c24-17-16-23-14-12-22(13-15-23)11-5-10-21-19(25)20(8-4-9-20)18-6-2-1-3-7-18/h1-3,6-7,24H,4-5,8-17H2,(H,21,25). The van der Waals surface area contributed by atoms with Crippen molar-refractivity contribution in [3.05, 3.63) is 35.9 Å². The van der Waals surface area contributed by atoms with Crippen molar-refractivity contribution < 1.29 is 9.90 Å². The number of hydrogen-bond acceptors (Lipinski definition) is 4. The van der Waals surface area contributed by atoms with Crippen LogP contribution < -0.4 is 5.32 Å². The van der Waals surface area contributed by atoms with Crippen molar-refractivity contribution in [3.8, 4) is 0 Å². The molecule has 1 heterocycles. The van der Waals surface area contributed by atoms with Crippen LogP contribution in [0.2, 0.25) is 0 Å². The lowest BCUT2D eigenvalue weighted by molar-refractivity contribution is -0.129. The van der Waals surface area contributed by atoms with Gasteiger partial charge in [-0.25, -0.2) is 0 Å². The maximum atomic E-state index is 12.8. The molecule has 0 aromatic heterocycles. The van der Waals surface area contributed by atoms with E-state index in [0.29, 0.717) is 0 Å². The van der Waals surface area contributed by atoms with E-state index in [0.717, 1.165) is 71.5 Å². The molecule has 5 heteroatoms. The van der Waals surface area contributed by atoms with Crippen molar-refractivity contribution in [2.45, 2.75) is 31.1 Å². The number of hydrogen-bond donors (Lipinski definition) is 2. The summed E-state index contributed by atoms with van der Waals surface area (Å²) in [6.07, 6.45) is 4.07. The Morgan fingerprint density at radius 3 is 2.24 bits per heavy atom. The number of nitrogens with zero attached hydrogens (tertiary/aromatic N) is 2. The van der Waals surface area contributed by atoms with Gasteiger partial charge in [-0.15, -0.1) is 0 Å². The van der Waals surface area contributed by atoms with Gasteiger partial charge in [0.05, 0.1) is 12.0 Å². The van der Waals surface area contributed by atoms with Gasteiger partial charge in [-0.3, -0.25) is 9.69 Å². The summed E-state index contributed by atoms with van der Waals surface area (Å²) in [6, 6.07) is 10.2. The van der Waals surface area contributed by atoms with E-state index in [1.54, 1.807) is 0 Å². The summed E-state index contributed by atoms with van der Waals surface area (Å²) in [5.41, 5.74) is 0.885. The Hall–Kier alpha value is -1.43. The minimum Gasteiger partial charge on any atom is -0.395 e. The second-order valence-corrected chi connectivity index (χ2v) is 7.32. The minimum atomic E-state index is -0.281. The smallest absolute Gasteiger partial charge is 0.230 e. The van der Waals surface area contributed by atoms with E-state index >= 15 is 0 Å². The Bertz CT molecular complexity index is 537. The topological polar surface area (TPSA) is 55.8 Å². The lowest BCUT2D eigenvalue weighted by Gasteiger charge is -2.40. The lowest BCUT2D eigenvalue weighted by Crippen LogP contribution is -2.50. The highest BCUT2D eigenvalue weighted by molar-refractivity contribution is 5.89.